The van der Waals surface area contributed by atoms with Gasteiger partial charge in [-0.15, -0.1) is 12.4 Å². The van der Waals surface area contributed by atoms with Crippen molar-refractivity contribution >= 4 is 24.0 Å². The van der Waals surface area contributed by atoms with Crippen LogP contribution in [0.2, 0.25) is 0 Å². The maximum absolute atomic E-state index is 13.0. The van der Waals surface area contributed by atoms with E-state index in [1.165, 1.54) is 25.7 Å². The van der Waals surface area contributed by atoms with Gasteiger partial charge in [0.1, 0.15) is 0 Å². The average molecular weight is 353 g/mol. The molecule has 5 heteroatoms. The van der Waals surface area contributed by atoms with Gasteiger partial charge in [-0.3, -0.25) is 4.79 Å². The van der Waals surface area contributed by atoms with Gasteiger partial charge in [-0.2, -0.15) is 0 Å². The van der Waals surface area contributed by atoms with Crippen LogP contribution in [-0.4, -0.2) is 36.6 Å². The molecule has 2 unspecified atom stereocenters. The Balaban J connectivity index is 0.00000208. The van der Waals surface area contributed by atoms with Crippen molar-refractivity contribution in [2.45, 2.75) is 58.1 Å². The number of hydrogen-bond acceptors (Lipinski definition) is 3. The summed E-state index contributed by atoms with van der Waals surface area (Å²) in [4.78, 5) is 14.9. The first-order valence-corrected chi connectivity index (χ1v) is 8.74. The molecule has 1 amide bonds. The number of carbonyl (C=O) groups is 1. The van der Waals surface area contributed by atoms with Crippen LogP contribution in [0.3, 0.4) is 0 Å². The molecular formula is C19H29ClN2O2. The molecular weight excluding hydrogens is 324 g/mol. The molecule has 1 spiro atoms. The van der Waals surface area contributed by atoms with Gasteiger partial charge in [0.2, 0.25) is 0 Å². The van der Waals surface area contributed by atoms with Crippen LogP contribution in [0.25, 0.3) is 0 Å². The molecule has 2 aliphatic rings. The van der Waals surface area contributed by atoms with Crippen LogP contribution in [0.15, 0.2) is 18.2 Å². The van der Waals surface area contributed by atoms with Crippen molar-refractivity contribution in [2.24, 2.45) is 5.41 Å². The maximum Gasteiger partial charge on any atom is 0.254 e. The molecule has 2 N–H and O–H groups in total. The first-order valence-electron chi connectivity index (χ1n) is 8.74. The lowest BCUT2D eigenvalue weighted by atomic mass is 9.60. The van der Waals surface area contributed by atoms with Crippen molar-refractivity contribution in [3.63, 3.8) is 0 Å². The minimum atomic E-state index is 0. The summed E-state index contributed by atoms with van der Waals surface area (Å²) >= 11 is 0. The molecule has 3 rings (SSSR count). The predicted molar refractivity (Wildman–Crippen MR) is 99.7 cm³/mol. The number of benzene rings is 1. The highest BCUT2D eigenvalue weighted by Gasteiger charge is 2.58. The number of anilines is 1. The van der Waals surface area contributed by atoms with Gasteiger partial charge in [0.05, 0.1) is 6.10 Å². The van der Waals surface area contributed by atoms with E-state index in [0.29, 0.717) is 11.8 Å². The lowest BCUT2D eigenvalue weighted by Gasteiger charge is -2.57. The van der Waals surface area contributed by atoms with Gasteiger partial charge in [-0.1, -0.05) is 18.9 Å². The summed E-state index contributed by atoms with van der Waals surface area (Å²) in [6, 6.07) is 5.86. The number of rotatable bonds is 4. The van der Waals surface area contributed by atoms with Crippen LogP contribution in [0.1, 0.15) is 54.9 Å². The van der Waals surface area contributed by atoms with E-state index in [1.807, 2.05) is 31.0 Å². The van der Waals surface area contributed by atoms with E-state index >= 15 is 0 Å². The van der Waals surface area contributed by atoms with E-state index in [9.17, 15) is 4.79 Å². The summed E-state index contributed by atoms with van der Waals surface area (Å²) in [5.41, 5.74) is 8.40. The van der Waals surface area contributed by atoms with Gasteiger partial charge in [0, 0.05) is 36.4 Å². The molecule has 0 aliphatic heterocycles. The second-order valence-electron chi connectivity index (χ2n) is 7.13. The molecule has 0 saturated heterocycles. The van der Waals surface area contributed by atoms with E-state index in [0.717, 1.165) is 24.2 Å². The minimum absolute atomic E-state index is 0. The number of hydrogen-bond donors (Lipinski definition) is 1. The van der Waals surface area contributed by atoms with E-state index in [1.54, 1.807) is 6.07 Å². The number of halogens is 1. The number of ether oxygens (including phenoxy) is 1. The average Bonchev–Trinajstić information content (AvgIpc) is 3.05. The Morgan fingerprint density at radius 3 is 2.67 bits per heavy atom. The van der Waals surface area contributed by atoms with Crippen molar-refractivity contribution < 1.29 is 9.53 Å². The fraction of sp³-hybridized carbons (Fsp3) is 0.632. The second-order valence-corrected chi connectivity index (χ2v) is 7.13. The summed E-state index contributed by atoms with van der Waals surface area (Å²) in [5.74, 6) is 0.0843. The fourth-order valence-corrected chi connectivity index (χ4v) is 4.60. The zero-order chi connectivity index (χ0) is 16.6. The van der Waals surface area contributed by atoms with Gasteiger partial charge in [0.25, 0.3) is 5.91 Å². The van der Waals surface area contributed by atoms with Crippen molar-refractivity contribution in [3.05, 3.63) is 29.3 Å². The second kappa shape index (κ2) is 7.32. The molecule has 24 heavy (non-hydrogen) atoms. The third kappa shape index (κ3) is 3.02. The molecule has 0 radical (unpaired) electrons. The van der Waals surface area contributed by atoms with E-state index in [2.05, 4.69) is 6.92 Å². The summed E-state index contributed by atoms with van der Waals surface area (Å²) < 4.78 is 5.97. The SMILES string of the molecule is CCOC1CC(N(C)C(=O)c2cc(N)ccc2C)C12CCCC2.Cl. The smallest absolute Gasteiger partial charge is 0.254 e. The van der Waals surface area contributed by atoms with Crippen LogP contribution < -0.4 is 5.73 Å². The van der Waals surface area contributed by atoms with Gasteiger partial charge in [0.15, 0.2) is 0 Å². The predicted octanol–water partition coefficient (Wildman–Crippen LogP) is 3.81. The minimum Gasteiger partial charge on any atom is -0.399 e. The number of amides is 1. The van der Waals surface area contributed by atoms with Crippen molar-refractivity contribution in [3.8, 4) is 0 Å². The Morgan fingerprint density at radius 1 is 1.38 bits per heavy atom. The largest absolute Gasteiger partial charge is 0.399 e. The Labute approximate surface area is 151 Å². The normalized spacial score (nSPS) is 24.3. The number of carbonyl (C=O) groups excluding carboxylic acids is 1. The molecule has 0 bridgehead atoms. The zero-order valence-electron chi connectivity index (χ0n) is 14.9. The molecule has 1 aromatic carbocycles. The first kappa shape index (κ1) is 19.1. The van der Waals surface area contributed by atoms with Gasteiger partial charge < -0.3 is 15.4 Å². The van der Waals surface area contributed by atoms with Crippen LogP contribution in [0.4, 0.5) is 5.69 Å². The summed E-state index contributed by atoms with van der Waals surface area (Å²) in [6.45, 7) is 4.78. The summed E-state index contributed by atoms with van der Waals surface area (Å²) in [7, 11) is 1.94. The molecule has 0 heterocycles. The number of nitrogens with two attached hydrogens (primary N) is 1. The Hall–Kier alpha value is -1.26. The molecule has 1 aromatic rings. The van der Waals surface area contributed by atoms with Crippen LogP contribution in [-0.2, 0) is 4.74 Å². The van der Waals surface area contributed by atoms with Gasteiger partial charge in [-0.25, -0.2) is 0 Å². The summed E-state index contributed by atoms with van der Waals surface area (Å²) in [6.07, 6.45) is 6.12. The highest BCUT2D eigenvalue weighted by atomic mass is 35.5. The molecule has 2 aliphatic carbocycles. The molecule has 2 fully saturated rings. The van der Waals surface area contributed by atoms with E-state index in [4.69, 9.17) is 10.5 Å². The Morgan fingerprint density at radius 2 is 2.04 bits per heavy atom. The molecule has 0 aromatic heterocycles. The highest BCUT2D eigenvalue weighted by Crippen LogP contribution is 2.56. The quantitative estimate of drug-likeness (QED) is 0.838. The van der Waals surface area contributed by atoms with Crippen LogP contribution in [0, 0.1) is 12.3 Å². The number of aryl methyl sites for hydroxylation is 1. The van der Waals surface area contributed by atoms with E-state index in [-0.39, 0.29) is 29.8 Å². The van der Waals surface area contributed by atoms with E-state index < -0.39 is 0 Å². The molecule has 2 saturated carbocycles. The topological polar surface area (TPSA) is 55.6 Å². The van der Waals surface area contributed by atoms with Crippen LogP contribution in [0.5, 0.6) is 0 Å². The summed E-state index contributed by atoms with van der Waals surface area (Å²) in [5, 5.41) is 0. The van der Waals surface area contributed by atoms with Gasteiger partial charge in [-0.05, 0) is 50.8 Å². The lowest BCUT2D eigenvalue weighted by Crippen LogP contribution is -2.64. The van der Waals surface area contributed by atoms with Gasteiger partial charge >= 0.3 is 0 Å². The molecule has 4 nitrogen and oxygen atoms in total. The maximum atomic E-state index is 13.0. The van der Waals surface area contributed by atoms with Crippen molar-refractivity contribution in [1.82, 2.24) is 4.90 Å². The standard InChI is InChI=1S/C19H28N2O2.ClH/c1-4-23-17-12-16(19(17)9-5-6-10-19)21(3)18(22)15-11-14(20)8-7-13(15)2;/h7-8,11,16-17H,4-6,9-10,12,20H2,1-3H3;1H. The monoisotopic (exact) mass is 352 g/mol. The van der Waals surface area contributed by atoms with Crippen molar-refractivity contribution in [2.75, 3.05) is 19.4 Å². The van der Waals surface area contributed by atoms with Crippen molar-refractivity contribution in [1.29, 1.82) is 0 Å². The van der Waals surface area contributed by atoms with Crippen LogP contribution >= 0.6 is 12.4 Å². The Kier molecular flexibility index (Phi) is 5.82. The highest BCUT2D eigenvalue weighted by molar-refractivity contribution is 5.96. The number of nitrogens with zero attached hydrogens (tertiary/aromatic N) is 1. The third-order valence-corrected chi connectivity index (χ3v) is 5.92. The fourth-order valence-electron chi connectivity index (χ4n) is 4.60. The Bertz CT molecular complexity index is 599. The molecule has 2 atom stereocenters. The lowest BCUT2D eigenvalue weighted by molar-refractivity contribution is -0.152. The zero-order valence-corrected chi connectivity index (χ0v) is 15.7. The molecule has 134 valence electrons. The third-order valence-electron chi connectivity index (χ3n) is 5.92. The first-order chi connectivity index (χ1) is 11.0. The number of nitrogen functional groups attached to an aromatic ring is 1.